The number of aromatic nitrogens is 4. The van der Waals surface area contributed by atoms with Crippen molar-refractivity contribution in [1.82, 2.24) is 19.2 Å². The van der Waals surface area contributed by atoms with Crippen molar-refractivity contribution in [3.05, 3.63) is 29.1 Å². The maximum absolute atomic E-state index is 11.9. The van der Waals surface area contributed by atoms with Crippen LogP contribution in [0.3, 0.4) is 0 Å². The van der Waals surface area contributed by atoms with Crippen molar-refractivity contribution in [1.29, 1.82) is 0 Å². The fourth-order valence-electron chi connectivity index (χ4n) is 1.74. The fraction of sp³-hybridized carbons (Fsp3) is 0.455. The van der Waals surface area contributed by atoms with Crippen LogP contribution in [0.15, 0.2) is 23.4 Å². The normalized spacial score (nSPS) is 12.7. The predicted octanol–water partition coefficient (Wildman–Crippen LogP) is -0.229. The van der Waals surface area contributed by atoms with Gasteiger partial charge in [0.2, 0.25) is 0 Å². The molecule has 1 unspecified atom stereocenters. The molecule has 0 radical (unpaired) electrons. The van der Waals surface area contributed by atoms with Crippen molar-refractivity contribution in [2.45, 2.75) is 26.0 Å². The van der Waals surface area contributed by atoms with E-state index in [-0.39, 0.29) is 18.7 Å². The van der Waals surface area contributed by atoms with Crippen LogP contribution in [-0.2, 0) is 16.1 Å². The van der Waals surface area contributed by atoms with E-state index in [1.165, 1.54) is 27.7 Å². The van der Waals surface area contributed by atoms with Crippen LogP contribution in [0.25, 0.3) is 5.65 Å². The number of hydrogen-bond acceptors (Lipinski definition) is 5. The van der Waals surface area contributed by atoms with E-state index in [9.17, 15) is 9.59 Å². The molecule has 102 valence electrons. The van der Waals surface area contributed by atoms with E-state index in [0.29, 0.717) is 12.3 Å². The van der Waals surface area contributed by atoms with Crippen LogP contribution >= 0.6 is 0 Å². The molecule has 0 saturated carbocycles. The number of aliphatic carboxylic acids is 1. The fourth-order valence-corrected chi connectivity index (χ4v) is 1.74. The first kappa shape index (κ1) is 13.2. The van der Waals surface area contributed by atoms with Gasteiger partial charge in [0, 0.05) is 32.0 Å². The number of aryl methyl sites for hydroxylation is 1. The van der Waals surface area contributed by atoms with Crippen molar-refractivity contribution in [2.24, 2.45) is 0 Å². The molecule has 0 aromatic carbocycles. The van der Waals surface area contributed by atoms with Crippen LogP contribution in [0.2, 0.25) is 0 Å². The number of nitrogens with zero attached hydrogens (tertiary/aromatic N) is 4. The Kier molecular flexibility index (Phi) is 3.91. The predicted molar refractivity (Wildman–Crippen MR) is 64.9 cm³/mol. The molecule has 8 nitrogen and oxygen atoms in total. The number of carboxylic acid groups (broad SMARTS) is 1. The van der Waals surface area contributed by atoms with Gasteiger partial charge in [0.15, 0.2) is 11.8 Å². The van der Waals surface area contributed by atoms with Gasteiger partial charge in [0.25, 0.3) is 0 Å². The van der Waals surface area contributed by atoms with Gasteiger partial charge in [-0.15, -0.1) is 5.10 Å². The Balaban J connectivity index is 2.15. The van der Waals surface area contributed by atoms with E-state index in [1.54, 1.807) is 6.92 Å². The summed E-state index contributed by atoms with van der Waals surface area (Å²) in [7, 11) is 0. The van der Waals surface area contributed by atoms with Crippen molar-refractivity contribution < 1.29 is 14.6 Å². The third-order valence-electron chi connectivity index (χ3n) is 2.64. The molecule has 0 bridgehead atoms. The number of fused-ring (bicyclic) bond motifs is 1. The van der Waals surface area contributed by atoms with Gasteiger partial charge >= 0.3 is 11.7 Å². The highest BCUT2D eigenvalue weighted by atomic mass is 16.5. The summed E-state index contributed by atoms with van der Waals surface area (Å²) in [5, 5.41) is 13.0. The zero-order valence-electron chi connectivity index (χ0n) is 10.4. The van der Waals surface area contributed by atoms with Gasteiger partial charge in [-0.2, -0.15) is 0 Å². The Bertz CT molecular complexity index is 633. The molecule has 2 aromatic heterocycles. The zero-order chi connectivity index (χ0) is 13.8. The second-order valence-electron chi connectivity index (χ2n) is 3.88. The summed E-state index contributed by atoms with van der Waals surface area (Å²) >= 11 is 0. The van der Waals surface area contributed by atoms with E-state index in [0.717, 1.165) is 0 Å². The molecule has 0 fully saturated rings. The van der Waals surface area contributed by atoms with Gasteiger partial charge in [0.05, 0.1) is 6.20 Å². The zero-order valence-corrected chi connectivity index (χ0v) is 10.4. The quantitative estimate of drug-likeness (QED) is 0.775. The van der Waals surface area contributed by atoms with Gasteiger partial charge in [0.1, 0.15) is 0 Å². The highest BCUT2D eigenvalue weighted by molar-refractivity contribution is 5.72. The molecule has 0 aliphatic carbocycles. The highest BCUT2D eigenvalue weighted by Gasteiger charge is 2.18. The first-order chi connectivity index (χ1) is 9.13. The third-order valence-corrected chi connectivity index (χ3v) is 2.64. The maximum atomic E-state index is 11.9. The summed E-state index contributed by atoms with van der Waals surface area (Å²) < 4.78 is 7.64. The highest BCUT2D eigenvalue weighted by Crippen LogP contribution is 2.01. The van der Waals surface area contributed by atoms with Crippen molar-refractivity contribution in [3.63, 3.8) is 0 Å². The van der Waals surface area contributed by atoms with Crippen LogP contribution in [0.1, 0.15) is 13.3 Å². The van der Waals surface area contributed by atoms with Gasteiger partial charge in [-0.05, 0) is 6.92 Å². The van der Waals surface area contributed by atoms with Crippen LogP contribution in [-0.4, -0.2) is 43.0 Å². The summed E-state index contributed by atoms with van der Waals surface area (Å²) in [6, 6.07) is 0. The molecule has 0 saturated heterocycles. The van der Waals surface area contributed by atoms with Gasteiger partial charge in [-0.1, -0.05) is 0 Å². The SMILES string of the molecule is CCOC(CCn1nc2cnccn2c1=O)C(=O)O. The molecule has 19 heavy (non-hydrogen) atoms. The van der Waals surface area contributed by atoms with Crippen molar-refractivity contribution in [3.8, 4) is 0 Å². The second-order valence-corrected chi connectivity index (χ2v) is 3.88. The lowest BCUT2D eigenvalue weighted by Gasteiger charge is -2.11. The van der Waals surface area contributed by atoms with Crippen LogP contribution in [0.5, 0.6) is 0 Å². The lowest BCUT2D eigenvalue weighted by Crippen LogP contribution is -2.28. The molecule has 2 rings (SSSR count). The van der Waals surface area contributed by atoms with E-state index in [4.69, 9.17) is 9.84 Å². The topological polar surface area (TPSA) is 98.7 Å². The molecule has 2 heterocycles. The lowest BCUT2D eigenvalue weighted by atomic mass is 10.2. The Hall–Kier alpha value is -2.22. The summed E-state index contributed by atoms with van der Waals surface area (Å²) in [4.78, 5) is 26.7. The Morgan fingerprint density at radius 3 is 3.00 bits per heavy atom. The molecule has 0 aliphatic heterocycles. The van der Waals surface area contributed by atoms with Gasteiger partial charge in [-0.25, -0.2) is 18.7 Å². The monoisotopic (exact) mass is 266 g/mol. The molecule has 0 aliphatic rings. The largest absolute Gasteiger partial charge is 0.479 e. The second kappa shape index (κ2) is 5.61. The standard InChI is InChI=1S/C11H14N4O4/c1-2-19-8(10(16)17)3-5-15-11(18)14-6-4-12-7-9(14)13-15/h4,6-8H,2-3,5H2,1H3,(H,16,17). The number of hydrogen-bond donors (Lipinski definition) is 1. The van der Waals surface area contributed by atoms with Gasteiger partial charge in [-0.3, -0.25) is 4.98 Å². The minimum absolute atomic E-state index is 0.178. The van der Waals surface area contributed by atoms with Crippen molar-refractivity contribution >= 4 is 11.6 Å². The van der Waals surface area contributed by atoms with E-state index in [2.05, 4.69) is 10.1 Å². The van der Waals surface area contributed by atoms with E-state index >= 15 is 0 Å². The number of rotatable bonds is 6. The summed E-state index contributed by atoms with van der Waals surface area (Å²) in [6.07, 6.45) is 3.72. The van der Waals surface area contributed by atoms with E-state index < -0.39 is 12.1 Å². The smallest absolute Gasteiger partial charge is 0.350 e. The molecule has 2 aromatic rings. The first-order valence-corrected chi connectivity index (χ1v) is 5.87. The van der Waals surface area contributed by atoms with Crippen LogP contribution in [0, 0.1) is 0 Å². The molecular formula is C11H14N4O4. The first-order valence-electron chi connectivity index (χ1n) is 5.87. The van der Waals surface area contributed by atoms with Crippen LogP contribution < -0.4 is 5.69 Å². The third kappa shape index (κ3) is 2.79. The molecular weight excluding hydrogens is 252 g/mol. The summed E-state index contributed by atoms with van der Waals surface area (Å²) in [6.45, 7) is 2.21. The minimum atomic E-state index is -1.04. The molecule has 1 atom stereocenters. The molecule has 1 N–H and O–H groups in total. The Morgan fingerprint density at radius 1 is 1.58 bits per heavy atom. The number of ether oxygens (including phenoxy) is 1. The number of carboxylic acids is 1. The average Bonchev–Trinajstić information content (AvgIpc) is 2.72. The van der Waals surface area contributed by atoms with Crippen LogP contribution in [0.4, 0.5) is 0 Å². The van der Waals surface area contributed by atoms with Crippen molar-refractivity contribution in [2.75, 3.05) is 6.61 Å². The Labute approximate surface area is 108 Å². The van der Waals surface area contributed by atoms with Gasteiger partial charge < -0.3 is 9.84 Å². The van der Waals surface area contributed by atoms with E-state index in [1.807, 2.05) is 0 Å². The Morgan fingerprint density at radius 2 is 2.37 bits per heavy atom. The summed E-state index contributed by atoms with van der Waals surface area (Å²) in [5.74, 6) is -1.04. The maximum Gasteiger partial charge on any atom is 0.350 e. The number of carbonyl (C=O) groups is 1. The molecule has 0 spiro atoms. The lowest BCUT2D eigenvalue weighted by molar-refractivity contribution is -0.150. The average molecular weight is 266 g/mol. The summed E-state index contributed by atoms with van der Waals surface area (Å²) in [5.41, 5.74) is 0.105. The molecule has 8 heteroatoms. The minimum Gasteiger partial charge on any atom is -0.479 e. The molecule has 0 amide bonds.